The number of para-hydroxylation sites is 1. The number of rotatable bonds is 5. The van der Waals surface area contributed by atoms with Gasteiger partial charge in [-0.2, -0.15) is 0 Å². The molecular formula is C15H22FNO2. The third-order valence-electron chi connectivity index (χ3n) is 3.55. The molecule has 106 valence electrons. The van der Waals surface area contributed by atoms with E-state index >= 15 is 0 Å². The van der Waals surface area contributed by atoms with Crippen LogP contribution in [0.25, 0.3) is 0 Å². The monoisotopic (exact) mass is 267 g/mol. The van der Waals surface area contributed by atoms with Crippen LogP contribution in [0.15, 0.2) is 18.2 Å². The summed E-state index contributed by atoms with van der Waals surface area (Å²) in [6.45, 7) is 3.40. The molecule has 0 aromatic heterocycles. The molecule has 2 unspecified atom stereocenters. The molecule has 1 fully saturated rings. The Morgan fingerprint density at radius 1 is 1.37 bits per heavy atom. The van der Waals surface area contributed by atoms with Crippen molar-refractivity contribution < 1.29 is 14.2 Å². The molecule has 0 radical (unpaired) electrons. The highest BCUT2D eigenvalue weighted by atomic mass is 19.1. The third kappa shape index (κ3) is 3.67. The normalized spacial score (nSPS) is 23.3. The number of aliphatic hydroxyl groups is 1. The summed E-state index contributed by atoms with van der Waals surface area (Å²) in [5, 5.41) is 13.1. The van der Waals surface area contributed by atoms with Gasteiger partial charge in [0.1, 0.15) is 6.10 Å². The maximum Gasteiger partial charge on any atom is 0.165 e. The zero-order valence-corrected chi connectivity index (χ0v) is 11.4. The van der Waals surface area contributed by atoms with Crippen LogP contribution in [0.1, 0.15) is 38.2 Å². The van der Waals surface area contributed by atoms with Crippen molar-refractivity contribution in [2.24, 2.45) is 0 Å². The SMILES string of the molecule is CCNCc1cccc(F)c1OC1CCCCC1O. The minimum atomic E-state index is -0.486. The molecule has 2 N–H and O–H groups in total. The Balaban J connectivity index is 2.13. The van der Waals surface area contributed by atoms with Gasteiger partial charge in [0.2, 0.25) is 0 Å². The van der Waals surface area contributed by atoms with Crippen molar-refractivity contribution in [1.82, 2.24) is 5.32 Å². The van der Waals surface area contributed by atoms with Gasteiger partial charge in [-0.1, -0.05) is 25.5 Å². The van der Waals surface area contributed by atoms with Crippen molar-refractivity contribution in [3.8, 4) is 5.75 Å². The Morgan fingerprint density at radius 3 is 2.89 bits per heavy atom. The highest BCUT2D eigenvalue weighted by molar-refractivity contribution is 5.35. The Kier molecular flexibility index (Phi) is 5.16. The Morgan fingerprint density at radius 2 is 2.16 bits per heavy atom. The molecule has 0 saturated heterocycles. The van der Waals surface area contributed by atoms with Crippen molar-refractivity contribution in [2.45, 2.75) is 51.4 Å². The Hall–Kier alpha value is -1.13. The summed E-state index contributed by atoms with van der Waals surface area (Å²) in [5.41, 5.74) is 0.805. The van der Waals surface area contributed by atoms with Crippen LogP contribution in [0.4, 0.5) is 4.39 Å². The van der Waals surface area contributed by atoms with Gasteiger partial charge in [0.05, 0.1) is 6.10 Å². The van der Waals surface area contributed by atoms with E-state index in [0.717, 1.165) is 37.8 Å². The van der Waals surface area contributed by atoms with Crippen LogP contribution in [0.3, 0.4) is 0 Å². The number of halogens is 1. The Labute approximate surface area is 113 Å². The lowest BCUT2D eigenvalue weighted by Gasteiger charge is -2.29. The fourth-order valence-corrected chi connectivity index (χ4v) is 2.45. The van der Waals surface area contributed by atoms with Gasteiger partial charge in [-0.05, 0) is 31.9 Å². The number of nitrogens with one attached hydrogen (secondary N) is 1. The quantitative estimate of drug-likeness (QED) is 0.861. The second kappa shape index (κ2) is 6.87. The van der Waals surface area contributed by atoms with Crippen molar-refractivity contribution in [3.05, 3.63) is 29.6 Å². The van der Waals surface area contributed by atoms with E-state index < -0.39 is 6.10 Å². The molecule has 0 aliphatic heterocycles. The fourth-order valence-electron chi connectivity index (χ4n) is 2.45. The molecule has 2 atom stereocenters. The van der Waals surface area contributed by atoms with E-state index in [0.29, 0.717) is 6.54 Å². The topological polar surface area (TPSA) is 41.5 Å². The summed E-state index contributed by atoms with van der Waals surface area (Å²) in [4.78, 5) is 0. The van der Waals surface area contributed by atoms with Gasteiger partial charge in [0.25, 0.3) is 0 Å². The summed E-state index contributed by atoms with van der Waals surface area (Å²) in [5.74, 6) is -0.0671. The smallest absolute Gasteiger partial charge is 0.165 e. The fraction of sp³-hybridized carbons (Fsp3) is 0.600. The van der Waals surface area contributed by atoms with Gasteiger partial charge in [0.15, 0.2) is 11.6 Å². The van der Waals surface area contributed by atoms with E-state index in [4.69, 9.17) is 4.74 Å². The van der Waals surface area contributed by atoms with Gasteiger partial charge in [-0.15, -0.1) is 0 Å². The number of ether oxygens (including phenoxy) is 1. The van der Waals surface area contributed by atoms with Gasteiger partial charge in [-0.25, -0.2) is 4.39 Å². The van der Waals surface area contributed by atoms with E-state index in [2.05, 4.69) is 5.32 Å². The molecule has 3 nitrogen and oxygen atoms in total. The van der Waals surface area contributed by atoms with Gasteiger partial charge < -0.3 is 15.2 Å². The van der Waals surface area contributed by atoms with Crippen LogP contribution in [-0.2, 0) is 6.54 Å². The summed E-state index contributed by atoms with van der Waals surface area (Å²) in [6.07, 6.45) is 2.80. The molecule has 1 aliphatic carbocycles. The second-order valence-electron chi connectivity index (χ2n) is 5.02. The lowest BCUT2D eigenvalue weighted by Crippen LogP contribution is -2.35. The minimum Gasteiger partial charge on any atom is -0.484 e. The summed E-state index contributed by atoms with van der Waals surface area (Å²) in [7, 11) is 0. The third-order valence-corrected chi connectivity index (χ3v) is 3.55. The van der Waals surface area contributed by atoms with E-state index in [9.17, 15) is 9.50 Å². The summed E-state index contributed by atoms with van der Waals surface area (Å²) in [6, 6.07) is 4.95. The first-order valence-electron chi connectivity index (χ1n) is 7.05. The van der Waals surface area contributed by atoms with Crippen LogP contribution < -0.4 is 10.1 Å². The van der Waals surface area contributed by atoms with E-state index in [1.807, 2.05) is 13.0 Å². The first-order chi connectivity index (χ1) is 9.22. The van der Waals surface area contributed by atoms with Gasteiger partial charge >= 0.3 is 0 Å². The van der Waals surface area contributed by atoms with Crippen LogP contribution >= 0.6 is 0 Å². The second-order valence-corrected chi connectivity index (χ2v) is 5.02. The average Bonchev–Trinajstić information content (AvgIpc) is 2.41. The van der Waals surface area contributed by atoms with Gasteiger partial charge in [-0.3, -0.25) is 0 Å². The lowest BCUT2D eigenvalue weighted by molar-refractivity contribution is 0.00444. The molecule has 1 aromatic rings. The van der Waals surface area contributed by atoms with Crippen molar-refractivity contribution in [3.63, 3.8) is 0 Å². The highest BCUT2D eigenvalue weighted by Crippen LogP contribution is 2.28. The Bertz CT molecular complexity index is 411. The van der Waals surface area contributed by atoms with Crippen LogP contribution in [0.2, 0.25) is 0 Å². The first-order valence-corrected chi connectivity index (χ1v) is 7.05. The minimum absolute atomic E-state index is 0.286. The summed E-state index contributed by atoms with van der Waals surface area (Å²) < 4.78 is 19.7. The highest BCUT2D eigenvalue weighted by Gasteiger charge is 2.26. The number of benzene rings is 1. The van der Waals surface area contributed by atoms with Crippen molar-refractivity contribution in [2.75, 3.05) is 6.54 Å². The van der Waals surface area contributed by atoms with Gasteiger partial charge in [0, 0.05) is 12.1 Å². The largest absolute Gasteiger partial charge is 0.484 e. The number of hydrogen-bond acceptors (Lipinski definition) is 3. The number of hydrogen-bond donors (Lipinski definition) is 2. The first kappa shape index (κ1) is 14.3. The molecule has 19 heavy (non-hydrogen) atoms. The molecule has 0 spiro atoms. The zero-order valence-electron chi connectivity index (χ0n) is 11.4. The molecule has 0 heterocycles. The maximum atomic E-state index is 13.9. The molecule has 0 amide bonds. The molecule has 2 rings (SSSR count). The maximum absolute atomic E-state index is 13.9. The molecule has 0 bridgehead atoms. The predicted molar refractivity (Wildman–Crippen MR) is 72.7 cm³/mol. The molecule has 4 heteroatoms. The predicted octanol–water partition coefficient (Wildman–Crippen LogP) is 2.62. The molecule has 1 aromatic carbocycles. The standard InChI is InChI=1S/C15H22FNO2/c1-2-17-10-11-6-5-7-12(16)15(11)19-14-9-4-3-8-13(14)18/h5-7,13-14,17-18H,2-4,8-10H2,1H3. The molecule has 1 saturated carbocycles. The molecule has 1 aliphatic rings. The molecular weight excluding hydrogens is 245 g/mol. The summed E-state index contributed by atoms with van der Waals surface area (Å²) >= 11 is 0. The van der Waals surface area contributed by atoms with Crippen LogP contribution in [-0.4, -0.2) is 23.9 Å². The zero-order chi connectivity index (χ0) is 13.7. The van der Waals surface area contributed by atoms with Crippen LogP contribution in [0, 0.1) is 5.82 Å². The van der Waals surface area contributed by atoms with Crippen molar-refractivity contribution >= 4 is 0 Å². The van der Waals surface area contributed by atoms with E-state index in [-0.39, 0.29) is 17.7 Å². The van der Waals surface area contributed by atoms with E-state index in [1.54, 1.807) is 6.07 Å². The van der Waals surface area contributed by atoms with E-state index in [1.165, 1.54) is 6.07 Å². The lowest BCUT2D eigenvalue weighted by atomic mass is 9.95. The van der Waals surface area contributed by atoms with Crippen molar-refractivity contribution in [1.29, 1.82) is 0 Å². The number of aliphatic hydroxyl groups excluding tert-OH is 1. The average molecular weight is 267 g/mol. The van der Waals surface area contributed by atoms with Crippen LogP contribution in [0.5, 0.6) is 5.75 Å².